The molecule has 4 rings (SSSR count). The van der Waals surface area contributed by atoms with Crippen LogP contribution in [0.15, 0.2) is 59.7 Å². The number of hydrogen-bond acceptors (Lipinski definition) is 6. The number of guanidine groups is 1. The van der Waals surface area contributed by atoms with E-state index in [4.69, 9.17) is 11.6 Å². The fraction of sp³-hybridized carbons (Fsp3) is 0.261. The smallest absolute Gasteiger partial charge is 0.326 e. The second kappa shape index (κ2) is 10.3. The predicted octanol–water partition coefficient (Wildman–Crippen LogP) is 3.77. The highest BCUT2D eigenvalue weighted by Gasteiger charge is 2.22. The Kier molecular flexibility index (Phi) is 6.99. The number of nitrogens with one attached hydrogen (secondary N) is 2. The van der Waals surface area contributed by atoms with Gasteiger partial charge in [0.15, 0.2) is 0 Å². The predicted molar refractivity (Wildman–Crippen MR) is 130 cm³/mol. The molecule has 1 saturated heterocycles. The van der Waals surface area contributed by atoms with Crippen molar-refractivity contribution in [1.82, 2.24) is 25.2 Å². The lowest BCUT2D eigenvalue weighted by atomic mass is 10.3. The van der Waals surface area contributed by atoms with E-state index in [0.29, 0.717) is 35.7 Å². The minimum atomic E-state index is -0.410. The topological polar surface area (TPSA) is 98.6 Å². The summed E-state index contributed by atoms with van der Waals surface area (Å²) in [5, 5.41) is 6.27. The van der Waals surface area contributed by atoms with E-state index in [1.54, 1.807) is 30.5 Å². The third kappa shape index (κ3) is 6.17. The summed E-state index contributed by atoms with van der Waals surface area (Å²) in [5.41, 5.74) is 2.25. The molecule has 0 aliphatic carbocycles. The van der Waals surface area contributed by atoms with E-state index in [-0.39, 0.29) is 0 Å². The summed E-state index contributed by atoms with van der Waals surface area (Å²) in [6, 6.07) is 14.2. The molecule has 33 heavy (non-hydrogen) atoms. The first kappa shape index (κ1) is 22.5. The molecule has 0 saturated carbocycles. The molecule has 1 aromatic carbocycles. The largest absolute Gasteiger partial charge is 0.353 e. The SMILES string of the molecule is Cc1cc(C)nc(/N=C(/NC(=O)Nc2ccc(Cl)cc2)N2CCN(c3ccccn3)CC2)n1. The van der Waals surface area contributed by atoms with Crippen LogP contribution < -0.4 is 15.5 Å². The lowest BCUT2D eigenvalue weighted by Gasteiger charge is -2.36. The van der Waals surface area contributed by atoms with Gasteiger partial charge in [-0.1, -0.05) is 17.7 Å². The van der Waals surface area contributed by atoms with Crippen LogP contribution in [0.25, 0.3) is 0 Å². The van der Waals surface area contributed by atoms with Crippen molar-refractivity contribution in [2.24, 2.45) is 4.99 Å². The molecular formula is C23H25ClN8O. The van der Waals surface area contributed by atoms with Gasteiger partial charge in [-0.2, -0.15) is 4.99 Å². The van der Waals surface area contributed by atoms with Crippen LogP contribution >= 0.6 is 11.6 Å². The van der Waals surface area contributed by atoms with E-state index in [0.717, 1.165) is 30.3 Å². The molecule has 0 radical (unpaired) electrons. The highest BCUT2D eigenvalue weighted by atomic mass is 35.5. The number of aromatic nitrogens is 3. The summed E-state index contributed by atoms with van der Waals surface area (Å²) in [5.74, 6) is 1.63. The number of piperazine rings is 1. The Hall–Kier alpha value is -3.72. The molecule has 10 heteroatoms. The second-order valence-electron chi connectivity index (χ2n) is 7.63. The summed E-state index contributed by atoms with van der Waals surface area (Å²) in [7, 11) is 0. The maximum atomic E-state index is 12.7. The highest BCUT2D eigenvalue weighted by molar-refractivity contribution is 6.30. The van der Waals surface area contributed by atoms with Gasteiger partial charge in [-0.15, -0.1) is 0 Å². The zero-order valence-electron chi connectivity index (χ0n) is 18.5. The van der Waals surface area contributed by atoms with Gasteiger partial charge in [-0.25, -0.2) is 19.7 Å². The van der Waals surface area contributed by atoms with Gasteiger partial charge >= 0.3 is 6.03 Å². The number of pyridine rings is 1. The van der Waals surface area contributed by atoms with E-state index in [2.05, 4.69) is 35.5 Å². The fourth-order valence-corrected chi connectivity index (χ4v) is 3.64. The first-order valence-corrected chi connectivity index (χ1v) is 11.0. The molecule has 2 amide bonds. The Labute approximate surface area is 197 Å². The number of aryl methyl sites for hydroxylation is 2. The molecule has 2 aromatic heterocycles. The molecule has 9 nitrogen and oxygen atoms in total. The molecule has 2 N–H and O–H groups in total. The summed E-state index contributed by atoms with van der Waals surface area (Å²) in [6.07, 6.45) is 1.79. The summed E-state index contributed by atoms with van der Waals surface area (Å²) >= 11 is 5.93. The van der Waals surface area contributed by atoms with Crippen LogP contribution in [0.1, 0.15) is 11.4 Å². The number of benzene rings is 1. The average molecular weight is 465 g/mol. The van der Waals surface area contributed by atoms with Crippen molar-refractivity contribution in [2.45, 2.75) is 13.8 Å². The maximum absolute atomic E-state index is 12.7. The monoisotopic (exact) mass is 464 g/mol. The van der Waals surface area contributed by atoms with Crippen molar-refractivity contribution in [3.63, 3.8) is 0 Å². The first-order valence-electron chi connectivity index (χ1n) is 10.6. The van der Waals surface area contributed by atoms with E-state index in [1.165, 1.54) is 0 Å². The Balaban J connectivity index is 1.52. The first-order chi connectivity index (χ1) is 16.0. The number of amides is 2. The number of aliphatic imine (C=N–C) groups is 1. The lowest BCUT2D eigenvalue weighted by molar-refractivity contribution is 0.254. The van der Waals surface area contributed by atoms with E-state index in [1.807, 2.05) is 43.0 Å². The van der Waals surface area contributed by atoms with Crippen LogP contribution in [0.4, 0.5) is 22.2 Å². The molecular weight excluding hydrogens is 440 g/mol. The highest BCUT2D eigenvalue weighted by Crippen LogP contribution is 2.15. The maximum Gasteiger partial charge on any atom is 0.326 e. The van der Waals surface area contributed by atoms with Crippen LogP contribution in [-0.4, -0.2) is 58.0 Å². The number of hydrogen-bond donors (Lipinski definition) is 2. The van der Waals surface area contributed by atoms with E-state index in [9.17, 15) is 4.79 Å². The van der Waals surface area contributed by atoms with Crippen molar-refractivity contribution < 1.29 is 4.79 Å². The second-order valence-corrected chi connectivity index (χ2v) is 8.07. The van der Waals surface area contributed by atoms with Crippen molar-refractivity contribution in [3.05, 3.63) is 71.1 Å². The average Bonchev–Trinajstić information content (AvgIpc) is 2.80. The Morgan fingerprint density at radius 1 is 1.00 bits per heavy atom. The van der Waals surface area contributed by atoms with Gasteiger partial charge < -0.3 is 15.1 Å². The number of urea groups is 1. The van der Waals surface area contributed by atoms with Crippen LogP contribution in [0, 0.1) is 13.8 Å². The third-order valence-corrected chi connectivity index (χ3v) is 5.31. The molecule has 1 aliphatic rings. The minimum absolute atomic E-state index is 0.307. The molecule has 0 bridgehead atoms. The normalized spacial score (nSPS) is 14.2. The van der Waals surface area contributed by atoms with Gasteiger partial charge in [0.25, 0.3) is 5.95 Å². The van der Waals surface area contributed by atoms with Gasteiger partial charge in [-0.05, 0) is 56.3 Å². The lowest BCUT2D eigenvalue weighted by Crippen LogP contribution is -2.54. The molecule has 3 heterocycles. The number of nitrogens with zero attached hydrogens (tertiary/aromatic N) is 6. The van der Waals surface area contributed by atoms with Crippen LogP contribution in [0.2, 0.25) is 5.02 Å². The van der Waals surface area contributed by atoms with Crippen molar-refractivity contribution >= 4 is 41.0 Å². The van der Waals surface area contributed by atoms with Gasteiger partial charge in [0.1, 0.15) is 5.82 Å². The van der Waals surface area contributed by atoms with Crippen molar-refractivity contribution in [2.75, 3.05) is 36.4 Å². The Bertz CT molecular complexity index is 1110. The van der Waals surface area contributed by atoms with Crippen molar-refractivity contribution in [3.8, 4) is 0 Å². The van der Waals surface area contributed by atoms with E-state index >= 15 is 0 Å². The van der Waals surface area contributed by atoms with Crippen molar-refractivity contribution in [1.29, 1.82) is 0 Å². The van der Waals surface area contributed by atoms with Gasteiger partial charge in [0.2, 0.25) is 5.96 Å². The molecule has 3 aromatic rings. The fourth-order valence-electron chi connectivity index (χ4n) is 3.52. The quantitative estimate of drug-likeness (QED) is 0.452. The number of halogens is 1. The van der Waals surface area contributed by atoms with Gasteiger partial charge in [0, 0.05) is 54.5 Å². The molecule has 1 aliphatic heterocycles. The zero-order chi connectivity index (χ0) is 23.2. The molecule has 170 valence electrons. The summed E-state index contributed by atoms with van der Waals surface area (Å²) in [6.45, 7) is 6.57. The van der Waals surface area contributed by atoms with Gasteiger partial charge in [0.05, 0.1) is 0 Å². The van der Waals surface area contributed by atoms with Crippen LogP contribution in [-0.2, 0) is 0 Å². The van der Waals surface area contributed by atoms with Gasteiger partial charge in [-0.3, -0.25) is 5.32 Å². The molecule has 0 spiro atoms. The van der Waals surface area contributed by atoms with Crippen LogP contribution in [0.3, 0.4) is 0 Å². The molecule has 1 fully saturated rings. The summed E-state index contributed by atoms with van der Waals surface area (Å²) in [4.78, 5) is 34.8. The number of carbonyl (C=O) groups is 1. The zero-order valence-corrected chi connectivity index (χ0v) is 19.3. The standard InChI is InChI=1S/C23H25ClN8O/c1-16-15-17(2)27-21(26-16)29-22(30-23(33)28-19-8-6-18(24)7-9-19)32-13-11-31(12-14-32)20-5-3-4-10-25-20/h3-10,15H,11-14H2,1-2H3,(H2,26,27,28,29,30,33). The summed E-state index contributed by atoms with van der Waals surface area (Å²) < 4.78 is 0. The number of anilines is 2. The Morgan fingerprint density at radius 2 is 1.70 bits per heavy atom. The minimum Gasteiger partial charge on any atom is -0.353 e. The third-order valence-electron chi connectivity index (χ3n) is 5.06. The number of carbonyl (C=O) groups excluding carboxylic acids is 1. The Morgan fingerprint density at radius 3 is 2.33 bits per heavy atom. The molecule has 0 unspecified atom stereocenters. The number of rotatable bonds is 3. The van der Waals surface area contributed by atoms with E-state index < -0.39 is 6.03 Å². The molecule has 0 atom stereocenters. The van der Waals surface area contributed by atoms with Crippen LogP contribution in [0.5, 0.6) is 0 Å².